The molecule has 3 nitrogen and oxygen atoms in total. The zero-order chi connectivity index (χ0) is 10.8. The van der Waals surface area contributed by atoms with E-state index in [1.54, 1.807) is 0 Å². The van der Waals surface area contributed by atoms with Crippen molar-refractivity contribution in [3.63, 3.8) is 0 Å². The van der Waals surface area contributed by atoms with Gasteiger partial charge in [-0.15, -0.1) is 0 Å². The molecule has 0 aromatic heterocycles. The Hall–Kier alpha value is -1.49. The quantitative estimate of drug-likeness (QED) is 0.756. The summed E-state index contributed by atoms with van der Waals surface area (Å²) in [6, 6.07) is 2.96. The van der Waals surface area contributed by atoms with Crippen LogP contribution in [-0.2, 0) is 0 Å². The first-order chi connectivity index (χ1) is 7.16. The molecule has 1 aliphatic heterocycles. The first kappa shape index (κ1) is 10.0. The second kappa shape index (κ2) is 3.94. The molecule has 0 bridgehead atoms. The zero-order valence-corrected chi connectivity index (χ0v) is 7.89. The van der Waals surface area contributed by atoms with Gasteiger partial charge < -0.3 is 10.6 Å². The molecule has 2 N–H and O–H groups in total. The van der Waals surface area contributed by atoms with Gasteiger partial charge in [0.25, 0.3) is 5.91 Å². The number of rotatable bonds is 2. The third kappa shape index (κ3) is 2.12. The molecule has 1 aromatic rings. The Morgan fingerprint density at radius 3 is 2.67 bits per heavy atom. The lowest BCUT2D eigenvalue weighted by atomic mass is 10.1. The van der Waals surface area contributed by atoms with E-state index in [1.807, 2.05) is 0 Å². The molecular formula is C10H10F2N2O. The van der Waals surface area contributed by atoms with Gasteiger partial charge in [-0.05, 0) is 12.1 Å². The number of halogens is 2. The van der Waals surface area contributed by atoms with E-state index in [0.717, 1.165) is 12.1 Å². The summed E-state index contributed by atoms with van der Waals surface area (Å²) in [6.07, 6.45) is 0. The van der Waals surface area contributed by atoms with Crippen molar-refractivity contribution in [1.82, 2.24) is 10.6 Å². The SMILES string of the molecule is O=C(NC1CNC1)c1ccc(F)cc1F. The Balaban J connectivity index is 2.10. The number of hydrogen-bond donors (Lipinski definition) is 2. The molecule has 2 rings (SSSR count). The van der Waals surface area contributed by atoms with Crippen LogP contribution in [0.25, 0.3) is 0 Å². The van der Waals surface area contributed by atoms with Crippen LogP contribution in [0.1, 0.15) is 10.4 Å². The average Bonchev–Trinajstić information content (AvgIpc) is 2.11. The van der Waals surface area contributed by atoms with E-state index in [-0.39, 0.29) is 11.6 Å². The van der Waals surface area contributed by atoms with Gasteiger partial charge in [-0.3, -0.25) is 4.79 Å². The van der Waals surface area contributed by atoms with Gasteiger partial charge in [0.15, 0.2) is 0 Å². The lowest BCUT2D eigenvalue weighted by molar-refractivity contribution is 0.0919. The van der Waals surface area contributed by atoms with Crippen LogP contribution in [0.3, 0.4) is 0 Å². The van der Waals surface area contributed by atoms with Gasteiger partial charge in [0.1, 0.15) is 11.6 Å². The summed E-state index contributed by atoms with van der Waals surface area (Å²) >= 11 is 0. The summed E-state index contributed by atoms with van der Waals surface area (Å²) in [4.78, 5) is 11.5. The predicted molar refractivity (Wildman–Crippen MR) is 50.5 cm³/mol. The number of amides is 1. The van der Waals surface area contributed by atoms with Crippen molar-refractivity contribution in [2.45, 2.75) is 6.04 Å². The minimum atomic E-state index is -0.834. The normalized spacial score (nSPS) is 15.9. The summed E-state index contributed by atoms with van der Waals surface area (Å²) < 4.78 is 25.7. The van der Waals surface area contributed by atoms with Crippen molar-refractivity contribution < 1.29 is 13.6 Å². The maximum absolute atomic E-state index is 13.2. The summed E-state index contributed by atoms with van der Waals surface area (Å²) in [5.41, 5.74) is -0.122. The van der Waals surface area contributed by atoms with Crippen LogP contribution in [0, 0.1) is 11.6 Å². The van der Waals surface area contributed by atoms with Crippen LogP contribution in [-0.4, -0.2) is 25.0 Å². The van der Waals surface area contributed by atoms with Crippen molar-refractivity contribution >= 4 is 5.91 Å². The highest BCUT2D eigenvalue weighted by molar-refractivity contribution is 5.94. The number of carbonyl (C=O) groups is 1. The van der Waals surface area contributed by atoms with E-state index in [1.165, 1.54) is 0 Å². The second-order valence-corrected chi connectivity index (χ2v) is 3.45. The molecule has 0 spiro atoms. The fourth-order valence-electron chi connectivity index (χ4n) is 1.33. The van der Waals surface area contributed by atoms with Crippen LogP contribution in [0.2, 0.25) is 0 Å². The van der Waals surface area contributed by atoms with Crippen LogP contribution in [0.5, 0.6) is 0 Å². The van der Waals surface area contributed by atoms with Crippen LogP contribution < -0.4 is 10.6 Å². The second-order valence-electron chi connectivity index (χ2n) is 3.45. The molecule has 1 saturated heterocycles. The van der Waals surface area contributed by atoms with Gasteiger partial charge in [-0.25, -0.2) is 8.78 Å². The number of nitrogens with one attached hydrogen (secondary N) is 2. The summed E-state index contributed by atoms with van der Waals surface area (Å²) in [6.45, 7) is 1.38. The predicted octanol–water partition coefficient (Wildman–Crippen LogP) is 0.666. The van der Waals surface area contributed by atoms with E-state index in [2.05, 4.69) is 10.6 Å². The lowest BCUT2D eigenvalue weighted by Crippen LogP contribution is -2.57. The Morgan fingerprint density at radius 1 is 1.40 bits per heavy atom. The van der Waals surface area contributed by atoms with Crippen molar-refractivity contribution in [2.24, 2.45) is 0 Å². The van der Waals surface area contributed by atoms with Gasteiger partial charge in [-0.2, -0.15) is 0 Å². The highest BCUT2D eigenvalue weighted by Gasteiger charge is 2.21. The Morgan fingerprint density at radius 2 is 2.13 bits per heavy atom. The molecule has 5 heteroatoms. The average molecular weight is 212 g/mol. The van der Waals surface area contributed by atoms with E-state index in [0.29, 0.717) is 19.2 Å². The fourth-order valence-corrected chi connectivity index (χ4v) is 1.33. The van der Waals surface area contributed by atoms with Crippen LogP contribution >= 0.6 is 0 Å². The number of hydrogen-bond acceptors (Lipinski definition) is 2. The number of carbonyl (C=O) groups excluding carboxylic acids is 1. The first-order valence-electron chi connectivity index (χ1n) is 4.63. The van der Waals surface area contributed by atoms with Crippen LogP contribution in [0.15, 0.2) is 18.2 Å². The molecule has 1 aliphatic rings. The molecule has 15 heavy (non-hydrogen) atoms. The molecule has 1 amide bonds. The third-order valence-electron chi connectivity index (χ3n) is 2.29. The van der Waals surface area contributed by atoms with Crippen molar-refractivity contribution in [2.75, 3.05) is 13.1 Å². The molecule has 1 aromatic carbocycles. The maximum Gasteiger partial charge on any atom is 0.254 e. The molecule has 1 heterocycles. The largest absolute Gasteiger partial charge is 0.347 e. The summed E-state index contributed by atoms with van der Waals surface area (Å²) in [7, 11) is 0. The fraction of sp³-hybridized carbons (Fsp3) is 0.300. The molecule has 0 saturated carbocycles. The third-order valence-corrected chi connectivity index (χ3v) is 2.29. The smallest absolute Gasteiger partial charge is 0.254 e. The van der Waals surface area contributed by atoms with Crippen molar-refractivity contribution in [3.8, 4) is 0 Å². The molecule has 1 fully saturated rings. The van der Waals surface area contributed by atoms with E-state index in [4.69, 9.17) is 0 Å². The van der Waals surface area contributed by atoms with E-state index >= 15 is 0 Å². The molecule has 80 valence electrons. The van der Waals surface area contributed by atoms with Gasteiger partial charge >= 0.3 is 0 Å². The first-order valence-corrected chi connectivity index (χ1v) is 4.63. The zero-order valence-electron chi connectivity index (χ0n) is 7.89. The van der Waals surface area contributed by atoms with Crippen molar-refractivity contribution in [3.05, 3.63) is 35.4 Å². The summed E-state index contributed by atoms with van der Waals surface area (Å²) in [5.74, 6) is -2.02. The number of benzene rings is 1. The maximum atomic E-state index is 13.2. The molecule has 0 unspecified atom stereocenters. The topological polar surface area (TPSA) is 41.1 Å². The monoisotopic (exact) mass is 212 g/mol. The highest BCUT2D eigenvalue weighted by atomic mass is 19.1. The molecule has 0 aliphatic carbocycles. The van der Waals surface area contributed by atoms with Gasteiger partial charge in [-0.1, -0.05) is 0 Å². The Kier molecular flexibility index (Phi) is 2.64. The molecule has 0 radical (unpaired) electrons. The van der Waals surface area contributed by atoms with Gasteiger partial charge in [0, 0.05) is 19.2 Å². The minimum absolute atomic E-state index is 0.0435. The Labute approximate surface area is 85.5 Å². The highest BCUT2D eigenvalue weighted by Crippen LogP contribution is 2.09. The minimum Gasteiger partial charge on any atom is -0.347 e. The molecule has 0 atom stereocenters. The standard InChI is InChI=1S/C10H10F2N2O/c11-6-1-2-8(9(12)3-6)10(15)14-7-4-13-5-7/h1-3,7,13H,4-5H2,(H,14,15). The summed E-state index contributed by atoms with van der Waals surface area (Å²) in [5, 5.41) is 5.60. The van der Waals surface area contributed by atoms with E-state index in [9.17, 15) is 13.6 Å². The van der Waals surface area contributed by atoms with Gasteiger partial charge in [0.2, 0.25) is 0 Å². The molecular weight excluding hydrogens is 202 g/mol. The van der Waals surface area contributed by atoms with Gasteiger partial charge in [0.05, 0.1) is 11.6 Å². The lowest BCUT2D eigenvalue weighted by Gasteiger charge is -2.27. The van der Waals surface area contributed by atoms with Crippen LogP contribution in [0.4, 0.5) is 8.78 Å². The van der Waals surface area contributed by atoms with Crippen molar-refractivity contribution in [1.29, 1.82) is 0 Å². The van der Waals surface area contributed by atoms with E-state index < -0.39 is 17.5 Å². The Bertz CT molecular complexity index is 391.